The lowest BCUT2D eigenvalue weighted by Gasteiger charge is -2.01. The lowest BCUT2D eigenvalue weighted by Crippen LogP contribution is -1.94. The van der Waals surface area contributed by atoms with E-state index in [-0.39, 0.29) is 11.2 Å². The minimum atomic E-state index is -0.0893. The number of benzene rings is 1. The molecule has 2 rings (SSSR count). The summed E-state index contributed by atoms with van der Waals surface area (Å²) in [4.78, 5) is 11.1. The molecule has 0 aromatic heterocycles. The lowest BCUT2D eigenvalue weighted by molar-refractivity contribution is 0.321. The van der Waals surface area contributed by atoms with E-state index in [1.54, 1.807) is 6.07 Å². The monoisotopic (exact) mass is 178 g/mol. The van der Waals surface area contributed by atoms with Crippen molar-refractivity contribution < 1.29 is 9.84 Å². The minimum absolute atomic E-state index is 0.0591. The quantitative estimate of drug-likeness (QED) is 0.776. The zero-order valence-corrected chi connectivity index (χ0v) is 7.33. The second kappa shape index (κ2) is 2.76. The van der Waals surface area contributed by atoms with Gasteiger partial charge in [0.25, 0.3) is 0 Å². The summed E-state index contributed by atoms with van der Waals surface area (Å²) in [6, 6.07) is 3.13. The first-order chi connectivity index (χ1) is 6.25. The maximum atomic E-state index is 11.1. The van der Waals surface area contributed by atoms with Crippen LogP contribution in [0, 0.1) is 0 Å². The van der Waals surface area contributed by atoms with Crippen LogP contribution in [0.4, 0.5) is 0 Å². The summed E-state index contributed by atoms with van der Waals surface area (Å²) in [6.45, 7) is 2.60. The molecule has 13 heavy (non-hydrogen) atoms. The highest BCUT2D eigenvalue weighted by atomic mass is 16.5. The van der Waals surface area contributed by atoms with Gasteiger partial charge < -0.3 is 9.84 Å². The van der Waals surface area contributed by atoms with Crippen molar-refractivity contribution in [1.29, 1.82) is 0 Å². The molecular weight excluding hydrogens is 168 g/mol. The van der Waals surface area contributed by atoms with Crippen LogP contribution in [0.25, 0.3) is 10.8 Å². The van der Waals surface area contributed by atoms with Crippen molar-refractivity contribution in [2.24, 2.45) is 0 Å². The van der Waals surface area contributed by atoms with Gasteiger partial charge >= 0.3 is 0 Å². The van der Waals surface area contributed by atoms with Gasteiger partial charge in [-0.1, -0.05) is 6.92 Å². The van der Waals surface area contributed by atoms with Crippen molar-refractivity contribution >= 4 is 10.8 Å². The van der Waals surface area contributed by atoms with Crippen LogP contribution in [0.3, 0.4) is 0 Å². The van der Waals surface area contributed by atoms with Gasteiger partial charge in [0.15, 0.2) is 0 Å². The molecule has 0 fully saturated rings. The molecule has 0 spiro atoms. The highest BCUT2D eigenvalue weighted by molar-refractivity contribution is 6.06. The van der Waals surface area contributed by atoms with Crippen LogP contribution in [-0.2, 0) is 0 Å². The molecule has 1 N–H and O–H groups in total. The molecular formula is C10H10O3. The smallest absolute Gasteiger partial charge is 0.202 e. The summed E-state index contributed by atoms with van der Waals surface area (Å²) in [5, 5.41) is 10.2. The number of ether oxygens (including phenoxy) is 1. The van der Waals surface area contributed by atoms with Gasteiger partial charge in [-0.25, -0.2) is 0 Å². The molecule has 0 heterocycles. The number of fused-ring (bicyclic) bond motifs is 1. The number of hydrogen-bond donors (Lipinski definition) is 1. The van der Waals surface area contributed by atoms with E-state index in [2.05, 4.69) is 0 Å². The van der Waals surface area contributed by atoms with E-state index >= 15 is 0 Å². The highest BCUT2D eigenvalue weighted by Gasteiger charge is 2.21. The SMILES string of the molecule is CCCOc1ccc(O)c2c(=O)c12. The molecule has 0 aliphatic heterocycles. The van der Waals surface area contributed by atoms with E-state index < -0.39 is 0 Å². The van der Waals surface area contributed by atoms with Crippen LogP contribution in [0.1, 0.15) is 13.3 Å². The zero-order valence-electron chi connectivity index (χ0n) is 7.33. The van der Waals surface area contributed by atoms with Crippen LogP contribution < -0.4 is 10.2 Å². The van der Waals surface area contributed by atoms with Crippen molar-refractivity contribution in [3.8, 4) is 11.5 Å². The number of phenolic OH excluding ortho intramolecular Hbond substituents is 1. The summed E-state index contributed by atoms with van der Waals surface area (Å²) >= 11 is 0. The normalized spacial score (nSPS) is 11.2. The van der Waals surface area contributed by atoms with Crippen LogP contribution in [-0.4, -0.2) is 11.7 Å². The first-order valence-corrected chi connectivity index (χ1v) is 4.29. The van der Waals surface area contributed by atoms with Crippen molar-refractivity contribution in [3.05, 3.63) is 22.4 Å². The summed E-state index contributed by atoms with van der Waals surface area (Å²) < 4.78 is 5.33. The molecule has 0 atom stereocenters. The van der Waals surface area contributed by atoms with Crippen molar-refractivity contribution in [1.82, 2.24) is 0 Å². The predicted octanol–water partition coefficient (Wildman–Crippen LogP) is 1.57. The molecule has 0 aliphatic carbocycles. The maximum Gasteiger partial charge on any atom is 0.202 e. The number of hydrogen-bond acceptors (Lipinski definition) is 3. The third-order valence-electron chi connectivity index (χ3n) is 2.00. The Morgan fingerprint density at radius 2 is 2.15 bits per heavy atom. The van der Waals surface area contributed by atoms with Crippen LogP contribution in [0.2, 0.25) is 0 Å². The van der Waals surface area contributed by atoms with E-state index in [9.17, 15) is 9.90 Å². The van der Waals surface area contributed by atoms with E-state index in [1.807, 2.05) is 6.92 Å². The second-order valence-corrected chi connectivity index (χ2v) is 3.01. The predicted molar refractivity (Wildman–Crippen MR) is 50.0 cm³/mol. The third kappa shape index (κ3) is 1.16. The molecule has 2 aromatic rings. The maximum absolute atomic E-state index is 11.1. The Hall–Kier alpha value is -1.51. The molecule has 68 valence electrons. The molecule has 2 aromatic carbocycles. The minimum Gasteiger partial charge on any atom is -0.507 e. The van der Waals surface area contributed by atoms with Gasteiger partial charge in [0.2, 0.25) is 5.43 Å². The molecule has 0 radical (unpaired) electrons. The van der Waals surface area contributed by atoms with E-state index in [1.165, 1.54) is 6.07 Å². The fraction of sp³-hybridized carbons (Fsp3) is 0.300. The van der Waals surface area contributed by atoms with Gasteiger partial charge in [-0.2, -0.15) is 0 Å². The average Bonchev–Trinajstić information content (AvgIpc) is 2.79. The average molecular weight is 178 g/mol. The molecule has 3 heteroatoms. The fourth-order valence-electron chi connectivity index (χ4n) is 1.30. The largest absolute Gasteiger partial charge is 0.507 e. The molecule has 0 amide bonds. The Bertz CT molecular complexity index is 449. The summed E-state index contributed by atoms with van der Waals surface area (Å²) in [7, 11) is 0. The first kappa shape index (κ1) is 8.10. The molecule has 0 aliphatic rings. The molecule has 0 saturated carbocycles. The summed E-state index contributed by atoms with van der Waals surface area (Å²) in [5.41, 5.74) is -0.0893. The van der Waals surface area contributed by atoms with Crippen LogP contribution >= 0.6 is 0 Å². The van der Waals surface area contributed by atoms with Gasteiger partial charge in [0.05, 0.1) is 17.4 Å². The number of aromatic hydroxyl groups is 1. The van der Waals surface area contributed by atoms with Crippen LogP contribution in [0.15, 0.2) is 16.9 Å². The summed E-state index contributed by atoms with van der Waals surface area (Å²) in [5.74, 6) is 0.656. The number of phenols is 1. The number of rotatable bonds is 3. The lowest BCUT2D eigenvalue weighted by atomic mass is 10.3. The third-order valence-corrected chi connectivity index (χ3v) is 2.00. The first-order valence-electron chi connectivity index (χ1n) is 4.29. The van der Waals surface area contributed by atoms with E-state index in [0.29, 0.717) is 23.1 Å². The Balaban J connectivity index is 2.36. The van der Waals surface area contributed by atoms with Gasteiger partial charge in [0, 0.05) is 0 Å². The molecule has 3 nitrogen and oxygen atoms in total. The topological polar surface area (TPSA) is 46.5 Å². The zero-order chi connectivity index (χ0) is 9.42. The Labute approximate surface area is 75.2 Å². The van der Waals surface area contributed by atoms with E-state index in [4.69, 9.17) is 4.74 Å². The van der Waals surface area contributed by atoms with Gasteiger partial charge in [-0.3, -0.25) is 4.79 Å². The van der Waals surface area contributed by atoms with Crippen LogP contribution in [0.5, 0.6) is 11.5 Å². The Kier molecular flexibility index (Phi) is 1.72. The standard InChI is InChI=1S/C10H10O3/c1-2-5-13-7-4-3-6(11)8-9(7)10(8)12/h3-4,11H,2,5H2,1H3. The van der Waals surface area contributed by atoms with Gasteiger partial charge in [-0.15, -0.1) is 0 Å². The van der Waals surface area contributed by atoms with Crippen molar-refractivity contribution in [2.75, 3.05) is 6.61 Å². The fourth-order valence-corrected chi connectivity index (χ4v) is 1.30. The van der Waals surface area contributed by atoms with E-state index in [0.717, 1.165) is 6.42 Å². The van der Waals surface area contributed by atoms with Gasteiger partial charge in [0.1, 0.15) is 11.5 Å². The summed E-state index contributed by atoms with van der Waals surface area (Å²) in [6.07, 6.45) is 0.907. The Morgan fingerprint density at radius 1 is 1.38 bits per heavy atom. The highest BCUT2D eigenvalue weighted by Crippen LogP contribution is 2.34. The van der Waals surface area contributed by atoms with Gasteiger partial charge in [-0.05, 0) is 18.6 Å². The van der Waals surface area contributed by atoms with Crippen molar-refractivity contribution in [2.45, 2.75) is 13.3 Å². The Morgan fingerprint density at radius 3 is 2.85 bits per heavy atom. The van der Waals surface area contributed by atoms with Crippen molar-refractivity contribution in [3.63, 3.8) is 0 Å². The molecule has 0 bridgehead atoms. The molecule has 0 saturated heterocycles. The molecule has 0 unspecified atom stereocenters. The second-order valence-electron chi connectivity index (χ2n) is 3.01.